The zero-order valence-electron chi connectivity index (χ0n) is 8.70. The fourth-order valence-electron chi connectivity index (χ4n) is 1.59. The van der Waals surface area contributed by atoms with Gasteiger partial charge in [-0.15, -0.1) is 0 Å². The van der Waals surface area contributed by atoms with E-state index in [0.717, 1.165) is 0 Å². The average Bonchev–Trinajstić information content (AvgIpc) is 2.77. The molecule has 1 fully saturated rings. The summed E-state index contributed by atoms with van der Waals surface area (Å²) in [6.07, 6.45) is 0.712. The number of rotatable bonds is 2. The van der Waals surface area contributed by atoms with Gasteiger partial charge in [-0.2, -0.15) is 0 Å². The fourth-order valence-corrected chi connectivity index (χ4v) is 1.59. The molecule has 0 saturated carbocycles. The van der Waals surface area contributed by atoms with Crippen molar-refractivity contribution in [2.24, 2.45) is 5.92 Å². The van der Waals surface area contributed by atoms with Crippen molar-refractivity contribution >= 4 is 17.3 Å². The Labute approximate surface area is 92.6 Å². The Morgan fingerprint density at radius 3 is 3.00 bits per heavy atom. The van der Waals surface area contributed by atoms with Crippen LogP contribution in [0.2, 0.25) is 0 Å². The van der Waals surface area contributed by atoms with Crippen molar-refractivity contribution in [2.75, 3.05) is 24.3 Å². The predicted octanol–water partition coefficient (Wildman–Crippen LogP) is 1.38. The van der Waals surface area contributed by atoms with Crippen molar-refractivity contribution < 1.29 is 13.9 Å². The van der Waals surface area contributed by atoms with Gasteiger partial charge in [0.2, 0.25) is 5.91 Å². The van der Waals surface area contributed by atoms with E-state index < -0.39 is 5.82 Å². The maximum atomic E-state index is 13.1. The number of hydrogen-bond donors (Lipinski definition) is 2. The van der Waals surface area contributed by atoms with Crippen LogP contribution in [0.4, 0.5) is 15.8 Å². The summed E-state index contributed by atoms with van der Waals surface area (Å²) in [6.45, 7) is 1.04. The van der Waals surface area contributed by atoms with Gasteiger partial charge in [0, 0.05) is 12.3 Å². The van der Waals surface area contributed by atoms with Gasteiger partial charge < -0.3 is 15.8 Å². The molecule has 3 N–H and O–H groups in total. The largest absolute Gasteiger partial charge is 0.396 e. The van der Waals surface area contributed by atoms with Crippen LogP contribution in [0.25, 0.3) is 0 Å². The highest BCUT2D eigenvalue weighted by atomic mass is 19.1. The van der Waals surface area contributed by atoms with Crippen molar-refractivity contribution in [3.63, 3.8) is 0 Å². The number of carbonyl (C=O) groups is 1. The van der Waals surface area contributed by atoms with E-state index in [1.807, 2.05) is 0 Å². The van der Waals surface area contributed by atoms with Gasteiger partial charge in [-0.05, 0) is 24.6 Å². The molecule has 0 aromatic heterocycles. The number of benzene rings is 1. The van der Waals surface area contributed by atoms with Crippen LogP contribution < -0.4 is 11.1 Å². The Kier molecular flexibility index (Phi) is 3.05. The summed E-state index contributed by atoms with van der Waals surface area (Å²) in [5, 5.41) is 2.64. The first-order valence-electron chi connectivity index (χ1n) is 5.10. The number of nitrogens with two attached hydrogens (primary N) is 1. The van der Waals surface area contributed by atoms with Gasteiger partial charge in [0.15, 0.2) is 0 Å². The molecule has 5 heteroatoms. The van der Waals surface area contributed by atoms with Crippen LogP contribution in [-0.4, -0.2) is 19.1 Å². The monoisotopic (exact) mass is 224 g/mol. The summed E-state index contributed by atoms with van der Waals surface area (Å²) in [5.74, 6) is -0.803. The van der Waals surface area contributed by atoms with Crippen LogP contribution in [0.1, 0.15) is 6.42 Å². The zero-order chi connectivity index (χ0) is 11.5. The summed E-state index contributed by atoms with van der Waals surface area (Å²) in [5.41, 5.74) is 5.83. The Bertz CT molecular complexity index is 403. The normalized spacial score (nSPS) is 19.7. The molecule has 1 aliphatic heterocycles. The number of amides is 1. The molecule has 1 unspecified atom stereocenters. The van der Waals surface area contributed by atoms with Crippen molar-refractivity contribution in [1.82, 2.24) is 0 Å². The molecular formula is C11H13FN2O2. The van der Waals surface area contributed by atoms with Gasteiger partial charge in [0.25, 0.3) is 0 Å². The van der Waals surface area contributed by atoms with E-state index in [1.54, 1.807) is 6.07 Å². The minimum Gasteiger partial charge on any atom is -0.396 e. The summed E-state index contributed by atoms with van der Waals surface area (Å²) >= 11 is 0. The highest BCUT2D eigenvalue weighted by molar-refractivity contribution is 5.92. The summed E-state index contributed by atoms with van der Waals surface area (Å²) < 4.78 is 18.2. The maximum absolute atomic E-state index is 13.1. The molecule has 4 nitrogen and oxygen atoms in total. The van der Waals surface area contributed by atoms with Gasteiger partial charge >= 0.3 is 0 Å². The maximum Gasteiger partial charge on any atom is 0.229 e. The quantitative estimate of drug-likeness (QED) is 0.746. The smallest absolute Gasteiger partial charge is 0.229 e. The Morgan fingerprint density at radius 1 is 1.56 bits per heavy atom. The topological polar surface area (TPSA) is 64.3 Å². The van der Waals surface area contributed by atoms with Gasteiger partial charge in [0.05, 0.1) is 18.2 Å². The Balaban J connectivity index is 2.02. The lowest BCUT2D eigenvalue weighted by molar-refractivity contribution is -0.119. The van der Waals surface area contributed by atoms with Crippen molar-refractivity contribution in [1.29, 1.82) is 0 Å². The lowest BCUT2D eigenvalue weighted by Gasteiger charge is -2.09. The fraction of sp³-hybridized carbons (Fsp3) is 0.364. The molecule has 1 heterocycles. The van der Waals surface area contributed by atoms with Gasteiger partial charge in [-0.25, -0.2) is 4.39 Å². The predicted molar refractivity (Wildman–Crippen MR) is 58.4 cm³/mol. The Morgan fingerprint density at radius 2 is 2.38 bits per heavy atom. The molecule has 1 aromatic rings. The first-order chi connectivity index (χ1) is 7.66. The van der Waals surface area contributed by atoms with Crippen LogP contribution in [0.3, 0.4) is 0 Å². The molecule has 0 radical (unpaired) electrons. The number of nitrogens with one attached hydrogen (secondary N) is 1. The number of anilines is 2. The molecule has 2 rings (SSSR count). The second-order valence-corrected chi connectivity index (χ2v) is 3.79. The number of hydrogen-bond acceptors (Lipinski definition) is 3. The standard InChI is InChI=1S/C11H13FN2O2/c12-9-5-8(1-2-10(9)13)14-11(15)7-3-4-16-6-7/h1-2,5,7H,3-4,6,13H2,(H,14,15). The van der Waals surface area contributed by atoms with E-state index in [-0.39, 0.29) is 17.5 Å². The lowest BCUT2D eigenvalue weighted by Crippen LogP contribution is -2.22. The van der Waals surface area contributed by atoms with E-state index in [9.17, 15) is 9.18 Å². The minimum atomic E-state index is -0.527. The van der Waals surface area contributed by atoms with Crippen LogP contribution in [0.15, 0.2) is 18.2 Å². The molecular weight excluding hydrogens is 211 g/mol. The lowest BCUT2D eigenvalue weighted by atomic mass is 10.1. The van der Waals surface area contributed by atoms with E-state index in [2.05, 4.69) is 5.32 Å². The zero-order valence-corrected chi connectivity index (χ0v) is 8.70. The first kappa shape index (κ1) is 10.9. The summed E-state index contributed by atoms with van der Waals surface area (Å²) in [6, 6.07) is 4.21. The van der Waals surface area contributed by atoms with E-state index in [0.29, 0.717) is 25.3 Å². The minimum absolute atomic E-state index is 0.0715. The van der Waals surface area contributed by atoms with Crippen LogP contribution in [-0.2, 0) is 9.53 Å². The highest BCUT2D eigenvalue weighted by Gasteiger charge is 2.23. The van der Waals surface area contributed by atoms with Gasteiger partial charge in [-0.1, -0.05) is 0 Å². The van der Waals surface area contributed by atoms with E-state index in [4.69, 9.17) is 10.5 Å². The second kappa shape index (κ2) is 4.49. The molecule has 0 aliphatic carbocycles. The molecule has 1 aliphatic rings. The van der Waals surface area contributed by atoms with Crippen molar-refractivity contribution in [3.8, 4) is 0 Å². The van der Waals surface area contributed by atoms with E-state index >= 15 is 0 Å². The molecule has 1 atom stereocenters. The molecule has 0 bridgehead atoms. The molecule has 16 heavy (non-hydrogen) atoms. The van der Waals surface area contributed by atoms with E-state index in [1.165, 1.54) is 12.1 Å². The molecule has 0 spiro atoms. The molecule has 1 aromatic carbocycles. The second-order valence-electron chi connectivity index (χ2n) is 3.79. The molecule has 86 valence electrons. The number of carbonyl (C=O) groups excluding carboxylic acids is 1. The highest BCUT2D eigenvalue weighted by Crippen LogP contribution is 2.19. The van der Waals surface area contributed by atoms with Crippen LogP contribution in [0, 0.1) is 11.7 Å². The first-order valence-corrected chi connectivity index (χ1v) is 5.10. The van der Waals surface area contributed by atoms with Crippen LogP contribution in [0.5, 0.6) is 0 Å². The van der Waals surface area contributed by atoms with Crippen molar-refractivity contribution in [2.45, 2.75) is 6.42 Å². The van der Waals surface area contributed by atoms with Gasteiger partial charge in [-0.3, -0.25) is 4.79 Å². The SMILES string of the molecule is Nc1ccc(NC(=O)C2CCOC2)cc1F. The Hall–Kier alpha value is -1.62. The third kappa shape index (κ3) is 2.30. The van der Waals surface area contributed by atoms with Crippen LogP contribution >= 0.6 is 0 Å². The number of halogens is 1. The number of ether oxygens (including phenoxy) is 1. The molecule has 1 amide bonds. The third-order valence-corrected chi connectivity index (χ3v) is 2.57. The number of nitrogen functional groups attached to an aromatic ring is 1. The average molecular weight is 224 g/mol. The third-order valence-electron chi connectivity index (χ3n) is 2.57. The summed E-state index contributed by atoms with van der Waals surface area (Å²) in [4.78, 5) is 11.7. The van der Waals surface area contributed by atoms with Gasteiger partial charge in [0.1, 0.15) is 5.82 Å². The summed E-state index contributed by atoms with van der Waals surface area (Å²) in [7, 11) is 0. The van der Waals surface area contributed by atoms with Crippen molar-refractivity contribution in [3.05, 3.63) is 24.0 Å². The molecule has 1 saturated heterocycles.